The molecule has 0 saturated heterocycles. The Morgan fingerprint density at radius 3 is 2.38 bits per heavy atom. The van der Waals surface area contributed by atoms with Gasteiger partial charge in [-0.1, -0.05) is 0 Å². The molecule has 0 aromatic rings. The molecule has 0 aromatic carbocycles. The monoisotopic (exact) mass is 229 g/mol. The largest absolute Gasteiger partial charge is 0.350 e. The van der Waals surface area contributed by atoms with Crippen LogP contribution in [-0.2, 0) is 19.2 Å². The third-order valence-electron chi connectivity index (χ3n) is 1.63. The Bertz CT molecular complexity index is 290. The number of nitrogens with one attached hydrogen (secondary N) is 3. The van der Waals surface area contributed by atoms with Crippen molar-refractivity contribution in [3.8, 4) is 0 Å². The highest BCUT2D eigenvalue weighted by atomic mass is 16.2. The lowest BCUT2D eigenvalue weighted by molar-refractivity contribution is -0.129. The molecule has 0 heterocycles. The maximum atomic E-state index is 11.3. The maximum absolute atomic E-state index is 11.3. The molecule has 7 nitrogen and oxygen atoms in total. The van der Waals surface area contributed by atoms with Gasteiger partial charge < -0.3 is 16.0 Å². The van der Waals surface area contributed by atoms with Gasteiger partial charge in [0.1, 0.15) is 11.8 Å². The quantitative estimate of drug-likeness (QED) is 0.437. The first kappa shape index (κ1) is 14.1. The fourth-order valence-corrected chi connectivity index (χ4v) is 0.857. The lowest BCUT2D eigenvalue weighted by Gasteiger charge is -2.13. The summed E-state index contributed by atoms with van der Waals surface area (Å²) < 4.78 is 0. The van der Waals surface area contributed by atoms with Crippen molar-refractivity contribution in [3.63, 3.8) is 0 Å². The van der Waals surface area contributed by atoms with E-state index in [9.17, 15) is 19.2 Å². The minimum Gasteiger partial charge on any atom is -0.350 e. The first-order valence-corrected chi connectivity index (χ1v) is 4.71. The fraction of sp³-hybridized carbons (Fsp3) is 0.556. The molecule has 1 unspecified atom stereocenters. The predicted molar refractivity (Wildman–Crippen MR) is 55.4 cm³/mol. The molecule has 0 aliphatic heterocycles. The standard InChI is InChI=1S/C9H15N3O4/c1-6(14)3-11-9(16)7(2)12-8(15)4-10-5-13/h5,7H,3-4H2,1-2H3,(H,10,13)(H,11,16)(H,12,15). The summed E-state index contributed by atoms with van der Waals surface area (Å²) in [5.41, 5.74) is 0. The molecule has 0 rings (SSSR count). The van der Waals surface area contributed by atoms with E-state index in [4.69, 9.17) is 0 Å². The molecule has 0 aliphatic rings. The normalized spacial score (nSPS) is 11.1. The zero-order valence-corrected chi connectivity index (χ0v) is 9.20. The first-order valence-electron chi connectivity index (χ1n) is 4.71. The van der Waals surface area contributed by atoms with E-state index < -0.39 is 17.9 Å². The van der Waals surface area contributed by atoms with Crippen LogP contribution in [0, 0.1) is 0 Å². The molecule has 0 saturated carbocycles. The summed E-state index contributed by atoms with van der Waals surface area (Å²) in [7, 11) is 0. The van der Waals surface area contributed by atoms with Gasteiger partial charge in [-0.15, -0.1) is 0 Å². The number of amides is 3. The third-order valence-corrected chi connectivity index (χ3v) is 1.63. The summed E-state index contributed by atoms with van der Waals surface area (Å²) in [5.74, 6) is -1.10. The molecule has 0 aliphatic carbocycles. The Hall–Kier alpha value is -1.92. The van der Waals surface area contributed by atoms with E-state index in [0.717, 1.165) is 0 Å². The van der Waals surface area contributed by atoms with Crippen LogP contribution in [0.4, 0.5) is 0 Å². The smallest absolute Gasteiger partial charge is 0.242 e. The second kappa shape index (κ2) is 7.38. The van der Waals surface area contributed by atoms with E-state index in [2.05, 4.69) is 16.0 Å². The number of ketones is 1. The van der Waals surface area contributed by atoms with Gasteiger partial charge in [0.2, 0.25) is 18.2 Å². The Morgan fingerprint density at radius 1 is 1.25 bits per heavy atom. The van der Waals surface area contributed by atoms with Crippen molar-refractivity contribution in [2.45, 2.75) is 19.9 Å². The summed E-state index contributed by atoms with van der Waals surface area (Å²) in [6.07, 6.45) is 0.389. The lowest BCUT2D eigenvalue weighted by Crippen LogP contribution is -2.48. The van der Waals surface area contributed by atoms with Gasteiger partial charge in [0.15, 0.2) is 0 Å². The van der Waals surface area contributed by atoms with Crippen LogP contribution in [0.1, 0.15) is 13.8 Å². The molecule has 1 atom stereocenters. The van der Waals surface area contributed by atoms with Crippen molar-refractivity contribution >= 4 is 24.0 Å². The second-order valence-electron chi connectivity index (χ2n) is 3.21. The van der Waals surface area contributed by atoms with Crippen LogP contribution in [-0.4, -0.2) is 43.1 Å². The van der Waals surface area contributed by atoms with E-state index >= 15 is 0 Å². The number of rotatable bonds is 7. The van der Waals surface area contributed by atoms with Gasteiger partial charge in [-0.05, 0) is 13.8 Å². The third kappa shape index (κ3) is 6.52. The molecular formula is C9H15N3O4. The lowest BCUT2D eigenvalue weighted by atomic mass is 10.3. The van der Waals surface area contributed by atoms with Crippen molar-refractivity contribution in [1.82, 2.24) is 16.0 Å². The summed E-state index contributed by atoms with van der Waals surface area (Å²) >= 11 is 0. The molecule has 0 spiro atoms. The topological polar surface area (TPSA) is 104 Å². The number of Topliss-reactive ketones (excluding diaryl/α,β-unsaturated/α-hetero) is 1. The van der Waals surface area contributed by atoms with Gasteiger partial charge in [0, 0.05) is 0 Å². The van der Waals surface area contributed by atoms with Crippen LogP contribution in [0.2, 0.25) is 0 Å². The highest BCUT2D eigenvalue weighted by molar-refractivity contribution is 5.90. The molecule has 0 bridgehead atoms. The summed E-state index contributed by atoms with van der Waals surface area (Å²) in [5, 5.41) is 6.87. The van der Waals surface area contributed by atoms with Crippen LogP contribution in [0.5, 0.6) is 0 Å². The van der Waals surface area contributed by atoms with Gasteiger partial charge in [-0.25, -0.2) is 0 Å². The maximum Gasteiger partial charge on any atom is 0.242 e. The fourth-order valence-electron chi connectivity index (χ4n) is 0.857. The van der Waals surface area contributed by atoms with Crippen LogP contribution in [0.25, 0.3) is 0 Å². The zero-order valence-electron chi connectivity index (χ0n) is 9.20. The van der Waals surface area contributed by atoms with E-state index in [1.807, 2.05) is 0 Å². The molecule has 0 radical (unpaired) electrons. The number of carbonyl (C=O) groups excluding carboxylic acids is 4. The zero-order chi connectivity index (χ0) is 12.6. The van der Waals surface area contributed by atoms with Crippen LogP contribution in [0.3, 0.4) is 0 Å². The van der Waals surface area contributed by atoms with Gasteiger partial charge >= 0.3 is 0 Å². The van der Waals surface area contributed by atoms with E-state index in [1.165, 1.54) is 13.8 Å². The summed E-state index contributed by atoms with van der Waals surface area (Å²) in [6, 6.07) is -0.750. The molecule has 0 aromatic heterocycles. The molecule has 3 amide bonds. The average Bonchev–Trinajstić information content (AvgIpc) is 2.22. The highest BCUT2D eigenvalue weighted by Crippen LogP contribution is 1.82. The summed E-state index contributed by atoms with van der Waals surface area (Å²) in [4.78, 5) is 42.8. The minimum absolute atomic E-state index is 0.0639. The SMILES string of the molecule is CC(=O)CNC(=O)C(C)NC(=O)CNC=O. The van der Waals surface area contributed by atoms with Gasteiger partial charge in [0.25, 0.3) is 0 Å². The molecule has 0 fully saturated rings. The van der Waals surface area contributed by atoms with Crippen LogP contribution >= 0.6 is 0 Å². The number of carbonyl (C=O) groups is 4. The molecule has 90 valence electrons. The Labute approximate surface area is 93.0 Å². The van der Waals surface area contributed by atoms with Crippen molar-refractivity contribution in [3.05, 3.63) is 0 Å². The van der Waals surface area contributed by atoms with Crippen molar-refractivity contribution < 1.29 is 19.2 Å². The van der Waals surface area contributed by atoms with Crippen LogP contribution < -0.4 is 16.0 Å². The summed E-state index contributed by atoms with van der Waals surface area (Å²) in [6.45, 7) is 2.57. The van der Waals surface area contributed by atoms with Crippen LogP contribution in [0.15, 0.2) is 0 Å². The molecule has 7 heteroatoms. The molecule has 16 heavy (non-hydrogen) atoms. The van der Waals surface area contributed by atoms with Crippen molar-refractivity contribution in [2.75, 3.05) is 13.1 Å². The molecule has 3 N–H and O–H groups in total. The van der Waals surface area contributed by atoms with Gasteiger partial charge in [-0.3, -0.25) is 19.2 Å². The van der Waals surface area contributed by atoms with E-state index in [-0.39, 0.29) is 18.9 Å². The minimum atomic E-state index is -0.750. The van der Waals surface area contributed by atoms with E-state index in [0.29, 0.717) is 6.41 Å². The Balaban J connectivity index is 3.90. The average molecular weight is 229 g/mol. The number of hydrogen-bond acceptors (Lipinski definition) is 4. The predicted octanol–water partition coefficient (Wildman–Crippen LogP) is -2.06. The Kier molecular flexibility index (Phi) is 6.50. The molecular weight excluding hydrogens is 214 g/mol. The van der Waals surface area contributed by atoms with Crippen molar-refractivity contribution in [2.24, 2.45) is 0 Å². The van der Waals surface area contributed by atoms with E-state index in [1.54, 1.807) is 0 Å². The van der Waals surface area contributed by atoms with Gasteiger partial charge in [-0.2, -0.15) is 0 Å². The second-order valence-corrected chi connectivity index (χ2v) is 3.21. The van der Waals surface area contributed by atoms with Gasteiger partial charge in [0.05, 0.1) is 13.1 Å². The Morgan fingerprint density at radius 2 is 1.88 bits per heavy atom. The van der Waals surface area contributed by atoms with Crippen molar-refractivity contribution in [1.29, 1.82) is 0 Å². The number of hydrogen-bond donors (Lipinski definition) is 3. The first-order chi connectivity index (χ1) is 7.47. The highest BCUT2D eigenvalue weighted by Gasteiger charge is 2.14.